The lowest BCUT2D eigenvalue weighted by Gasteiger charge is -2.19. The molecule has 0 aromatic carbocycles. The molecule has 0 saturated heterocycles. The Morgan fingerprint density at radius 3 is 2.83 bits per heavy atom. The first-order valence-corrected chi connectivity index (χ1v) is 4.63. The summed E-state index contributed by atoms with van der Waals surface area (Å²) in [5.74, 6) is 0.940. The van der Waals surface area contributed by atoms with Crippen LogP contribution in [0.1, 0.15) is 19.3 Å². The van der Waals surface area contributed by atoms with Crippen LogP contribution in [0.3, 0.4) is 0 Å². The van der Waals surface area contributed by atoms with Gasteiger partial charge in [0.1, 0.15) is 5.78 Å². The van der Waals surface area contributed by atoms with E-state index in [1.807, 2.05) is 0 Å². The van der Waals surface area contributed by atoms with Crippen molar-refractivity contribution in [3.8, 4) is 0 Å². The summed E-state index contributed by atoms with van der Waals surface area (Å²) in [7, 11) is 0. The molecule has 66 valence electrons. The summed E-state index contributed by atoms with van der Waals surface area (Å²) in [6.07, 6.45) is 7.14. The number of allylic oxidation sites excluding steroid dienone is 2. The van der Waals surface area contributed by atoms with Crippen LogP contribution in [0.25, 0.3) is 0 Å². The van der Waals surface area contributed by atoms with Gasteiger partial charge in [-0.3, -0.25) is 4.79 Å². The molecular formula is C10H14O2. The second kappa shape index (κ2) is 3.02. The number of rotatable bonds is 1. The predicted molar refractivity (Wildman–Crippen MR) is 45.6 cm³/mol. The molecule has 0 amide bonds. The third-order valence-corrected chi connectivity index (χ3v) is 3.09. The zero-order valence-electron chi connectivity index (χ0n) is 7.07. The minimum atomic E-state index is -0.103. The van der Waals surface area contributed by atoms with E-state index in [9.17, 15) is 4.79 Å². The lowest BCUT2D eigenvalue weighted by atomic mass is 9.86. The normalized spacial score (nSPS) is 40.1. The van der Waals surface area contributed by atoms with Crippen molar-refractivity contribution in [2.45, 2.75) is 19.3 Å². The number of hydrogen-bond acceptors (Lipinski definition) is 2. The Kier molecular flexibility index (Phi) is 2.01. The third-order valence-electron chi connectivity index (χ3n) is 3.09. The van der Waals surface area contributed by atoms with Crippen molar-refractivity contribution in [1.29, 1.82) is 0 Å². The summed E-state index contributed by atoms with van der Waals surface area (Å²) in [4.78, 5) is 11.5. The van der Waals surface area contributed by atoms with Gasteiger partial charge in [0.05, 0.1) is 6.61 Å². The van der Waals surface area contributed by atoms with Gasteiger partial charge in [0.25, 0.3) is 0 Å². The summed E-state index contributed by atoms with van der Waals surface area (Å²) in [5.41, 5.74) is 0. The van der Waals surface area contributed by atoms with E-state index in [4.69, 9.17) is 5.11 Å². The van der Waals surface area contributed by atoms with Crippen molar-refractivity contribution in [1.82, 2.24) is 0 Å². The van der Waals surface area contributed by atoms with Gasteiger partial charge >= 0.3 is 0 Å². The van der Waals surface area contributed by atoms with Crippen LogP contribution in [-0.4, -0.2) is 17.5 Å². The third kappa shape index (κ3) is 1.20. The monoisotopic (exact) mass is 166 g/mol. The quantitative estimate of drug-likeness (QED) is 0.593. The summed E-state index contributed by atoms with van der Waals surface area (Å²) < 4.78 is 0. The van der Waals surface area contributed by atoms with Crippen LogP contribution >= 0.6 is 0 Å². The van der Waals surface area contributed by atoms with Crippen LogP contribution in [0.5, 0.6) is 0 Å². The number of fused-ring (bicyclic) bond motifs is 3. The Bertz CT molecular complexity index is 220. The molecule has 3 aliphatic rings. The molecule has 0 aromatic heterocycles. The minimum Gasteiger partial charge on any atom is -0.396 e. The Labute approximate surface area is 72.3 Å². The molecule has 1 fully saturated rings. The van der Waals surface area contributed by atoms with Gasteiger partial charge in [-0.2, -0.15) is 0 Å². The van der Waals surface area contributed by atoms with Crippen LogP contribution in [0.2, 0.25) is 0 Å². The zero-order chi connectivity index (χ0) is 8.55. The molecule has 2 heteroatoms. The van der Waals surface area contributed by atoms with E-state index < -0.39 is 0 Å². The van der Waals surface area contributed by atoms with Crippen LogP contribution in [0.15, 0.2) is 12.2 Å². The van der Waals surface area contributed by atoms with E-state index in [1.165, 1.54) is 0 Å². The molecule has 0 unspecified atom stereocenters. The maximum Gasteiger partial charge on any atom is 0.139 e. The van der Waals surface area contributed by atoms with Gasteiger partial charge in [-0.25, -0.2) is 0 Å². The molecule has 1 saturated carbocycles. The highest BCUT2D eigenvalue weighted by Gasteiger charge is 2.33. The number of aliphatic hydroxyl groups is 1. The molecule has 0 heterocycles. The highest BCUT2D eigenvalue weighted by molar-refractivity contribution is 5.82. The Morgan fingerprint density at radius 2 is 2.25 bits per heavy atom. The van der Waals surface area contributed by atoms with Crippen molar-refractivity contribution < 1.29 is 9.90 Å². The Morgan fingerprint density at radius 1 is 1.42 bits per heavy atom. The smallest absolute Gasteiger partial charge is 0.139 e. The topological polar surface area (TPSA) is 37.3 Å². The first kappa shape index (κ1) is 7.99. The number of aliphatic hydroxyl groups excluding tert-OH is 1. The standard InChI is InChI=1S/C10H14O2/c11-6-9-8-3-1-7(2-4-8)5-10(9)12/h1,3,7-9,11H,2,4-6H2/t7-,8+,9-/m0/s1. The van der Waals surface area contributed by atoms with E-state index in [2.05, 4.69) is 12.2 Å². The molecule has 3 rings (SSSR count). The van der Waals surface area contributed by atoms with Gasteiger partial charge < -0.3 is 5.11 Å². The SMILES string of the molecule is O=C1C[C@H]2C=C[C@H](CC2)[C@@H]1CO. The molecule has 12 heavy (non-hydrogen) atoms. The number of carbonyl (C=O) groups excluding carboxylic acids is 1. The second-order valence-corrected chi connectivity index (χ2v) is 3.85. The molecule has 1 N–H and O–H groups in total. The van der Waals surface area contributed by atoms with Gasteiger partial charge in [0.2, 0.25) is 0 Å². The Hall–Kier alpha value is -0.630. The zero-order valence-corrected chi connectivity index (χ0v) is 7.07. The van der Waals surface area contributed by atoms with Crippen molar-refractivity contribution >= 4 is 5.78 Å². The highest BCUT2D eigenvalue weighted by Crippen LogP contribution is 2.35. The van der Waals surface area contributed by atoms with Crippen molar-refractivity contribution in [3.63, 3.8) is 0 Å². The molecule has 2 nitrogen and oxygen atoms in total. The summed E-state index contributed by atoms with van der Waals surface area (Å²) in [6, 6.07) is 0. The van der Waals surface area contributed by atoms with Crippen molar-refractivity contribution in [2.24, 2.45) is 17.8 Å². The Balaban J connectivity index is 2.23. The molecule has 2 bridgehead atoms. The van der Waals surface area contributed by atoms with E-state index >= 15 is 0 Å². The van der Waals surface area contributed by atoms with Gasteiger partial charge in [-0.05, 0) is 24.7 Å². The molecule has 0 aliphatic heterocycles. The molecule has 0 spiro atoms. The summed E-state index contributed by atoms with van der Waals surface area (Å²) in [6.45, 7) is 0.0283. The number of carbonyl (C=O) groups is 1. The van der Waals surface area contributed by atoms with Gasteiger partial charge in [-0.1, -0.05) is 12.2 Å². The average molecular weight is 166 g/mol. The fourth-order valence-electron chi connectivity index (χ4n) is 2.29. The van der Waals surface area contributed by atoms with Crippen LogP contribution in [0.4, 0.5) is 0 Å². The van der Waals surface area contributed by atoms with Crippen LogP contribution < -0.4 is 0 Å². The number of Topliss-reactive ketones (excluding diaryl/α,β-unsaturated/α-hetero) is 1. The lowest BCUT2D eigenvalue weighted by Crippen LogP contribution is -2.23. The predicted octanol–water partition coefficient (Wildman–Crippen LogP) is 1.15. The summed E-state index contributed by atoms with van der Waals surface area (Å²) in [5, 5.41) is 9.05. The molecular weight excluding hydrogens is 152 g/mol. The van der Waals surface area contributed by atoms with Crippen molar-refractivity contribution in [2.75, 3.05) is 6.61 Å². The maximum atomic E-state index is 11.5. The van der Waals surface area contributed by atoms with E-state index in [1.54, 1.807) is 0 Å². The molecule has 0 radical (unpaired) electrons. The van der Waals surface area contributed by atoms with Crippen molar-refractivity contribution in [3.05, 3.63) is 12.2 Å². The van der Waals surface area contributed by atoms with Gasteiger partial charge in [0.15, 0.2) is 0 Å². The fraction of sp³-hybridized carbons (Fsp3) is 0.700. The fourth-order valence-corrected chi connectivity index (χ4v) is 2.29. The first-order valence-electron chi connectivity index (χ1n) is 4.63. The van der Waals surface area contributed by atoms with E-state index in [0.29, 0.717) is 18.3 Å². The number of hydrogen-bond donors (Lipinski definition) is 1. The highest BCUT2D eigenvalue weighted by atomic mass is 16.3. The van der Waals surface area contributed by atoms with E-state index in [-0.39, 0.29) is 18.3 Å². The average Bonchev–Trinajstić information content (AvgIpc) is 2.31. The number of ketones is 1. The summed E-state index contributed by atoms with van der Waals surface area (Å²) >= 11 is 0. The van der Waals surface area contributed by atoms with Gasteiger partial charge in [0, 0.05) is 12.3 Å². The molecule has 0 aromatic rings. The minimum absolute atomic E-state index is 0.0283. The molecule has 3 atom stereocenters. The molecule has 3 aliphatic carbocycles. The van der Waals surface area contributed by atoms with Crippen LogP contribution in [-0.2, 0) is 4.79 Å². The second-order valence-electron chi connectivity index (χ2n) is 3.85. The largest absolute Gasteiger partial charge is 0.396 e. The maximum absolute atomic E-state index is 11.5. The lowest BCUT2D eigenvalue weighted by molar-refractivity contribution is -0.125. The van der Waals surface area contributed by atoms with Gasteiger partial charge in [-0.15, -0.1) is 0 Å². The van der Waals surface area contributed by atoms with Crippen LogP contribution in [0, 0.1) is 17.8 Å². The van der Waals surface area contributed by atoms with E-state index in [0.717, 1.165) is 12.8 Å². The first-order chi connectivity index (χ1) is 5.81.